The zero-order chi connectivity index (χ0) is 15.6. The molecule has 0 aliphatic heterocycles. The van der Waals surface area contributed by atoms with Gasteiger partial charge >= 0.3 is 5.97 Å². The number of aliphatic carboxylic acids is 1. The summed E-state index contributed by atoms with van der Waals surface area (Å²) in [6.45, 7) is 5.78. The first-order valence-corrected chi connectivity index (χ1v) is 7.41. The highest BCUT2D eigenvalue weighted by atomic mass is 16.4. The van der Waals surface area contributed by atoms with Crippen LogP contribution in [0.1, 0.15) is 56.5 Å². The number of carbonyl (C=O) groups excluding carboxylic acids is 1. The summed E-state index contributed by atoms with van der Waals surface area (Å²) in [6, 6.07) is 1.87. The van der Waals surface area contributed by atoms with Crippen LogP contribution in [0.5, 0.6) is 0 Å². The molecule has 1 aliphatic rings. The zero-order valence-electron chi connectivity index (χ0n) is 12.8. The monoisotopic (exact) mass is 293 g/mol. The molecule has 1 heterocycles. The molecule has 2 rings (SSSR count). The highest BCUT2D eigenvalue weighted by molar-refractivity contribution is 5.87. The summed E-state index contributed by atoms with van der Waals surface area (Å²) in [5.41, 5.74) is 0.852. The molecule has 0 spiro atoms. The van der Waals surface area contributed by atoms with Gasteiger partial charge in [0, 0.05) is 12.1 Å². The van der Waals surface area contributed by atoms with E-state index in [4.69, 9.17) is 0 Å². The van der Waals surface area contributed by atoms with Crippen LogP contribution in [0, 0.1) is 13.8 Å². The van der Waals surface area contributed by atoms with E-state index in [1.165, 1.54) is 0 Å². The molecule has 21 heavy (non-hydrogen) atoms. The number of aromatic nitrogens is 2. The van der Waals surface area contributed by atoms with Crippen molar-refractivity contribution >= 4 is 11.9 Å². The van der Waals surface area contributed by atoms with E-state index in [1.807, 2.05) is 31.5 Å². The first kappa shape index (κ1) is 15.5. The Morgan fingerprint density at radius 2 is 2.05 bits per heavy atom. The third-order valence-corrected chi connectivity index (χ3v) is 4.19. The standard InChI is InChI=1S/C15H23N3O3/c1-10-8-11(2)18(17-10)12(3)9-13(19)16-15(14(20)21)6-4-5-7-15/h8,12H,4-7,9H2,1-3H3,(H,16,19)(H,20,21). The summed E-state index contributed by atoms with van der Waals surface area (Å²) in [6.07, 6.45) is 2.96. The van der Waals surface area contributed by atoms with Crippen LogP contribution in [0.4, 0.5) is 0 Å². The summed E-state index contributed by atoms with van der Waals surface area (Å²) in [5, 5.41) is 16.5. The summed E-state index contributed by atoms with van der Waals surface area (Å²) in [4.78, 5) is 23.6. The van der Waals surface area contributed by atoms with E-state index in [2.05, 4.69) is 10.4 Å². The normalized spacial score (nSPS) is 18.4. The summed E-state index contributed by atoms with van der Waals surface area (Å²) < 4.78 is 1.82. The Kier molecular flexibility index (Phi) is 4.34. The maximum Gasteiger partial charge on any atom is 0.329 e. The zero-order valence-corrected chi connectivity index (χ0v) is 12.8. The molecule has 0 radical (unpaired) electrons. The second-order valence-corrected chi connectivity index (χ2v) is 6.07. The van der Waals surface area contributed by atoms with Crippen molar-refractivity contribution in [1.29, 1.82) is 0 Å². The van der Waals surface area contributed by atoms with E-state index in [0.29, 0.717) is 12.8 Å². The van der Waals surface area contributed by atoms with Gasteiger partial charge in [-0.3, -0.25) is 9.48 Å². The van der Waals surface area contributed by atoms with E-state index in [0.717, 1.165) is 24.2 Å². The molecule has 1 saturated carbocycles. The van der Waals surface area contributed by atoms with Crippen LogP contribution in [0.25, 0.3) is 0 Å². The van der Waals surface area contributed by atoms with Crippen molar-refractivity contribution in [2.24, 2.45) is 0 Å². The number of nitrogens with zero attached hydrogens (tertiary/aromatic N) is 2. The molecule has 6 nitrogen and oxygen atoms in total. The Labute approximate surface area is 124 Å². The van der Waals surface area contributed by atoms with Crippen molar-refractivity contribution in [3.63, 3.8) is 0 Å². The minimum atomic E-state index is -1.06. The average Bonchev–Trinajstić information content (AvgIpc) is 2.96. The van der Waals surface area contributed by atoms with Crippen molar-refractivity contribution < 1.29 is 14.7 Å². The number of carbonyl (C=O) groups is 2. The molecular weight excluding hydrogens is 270 g/mol. The fourth-order valence-corrected chi connectivity index (χ4v) is 3.14. The average molecular weight is 293 g/mol. The molecule has 1 atom stereocenters. The summed E-state index contributed by atoms with van der Waals surface area (Å²) >= 11 is 0. The molecule has 1 aliphatic carbocycles. The Morgan fingerprint density at radius 1 is 1.43 bits per heavy atom. The molecular formula is C15H23N3O3. The first-order chi connectivity index (χ1) is 9.84. The third-order valence-electron chi connectivity index (χ3n) is 4.19. The number of hydrogen-bond donors (Lipinski definition) is 2. The number of amides is 1. The minimum absolute atomic E-state index is 0.0917. The van der Waals surface area contributed by atoms with Crippen molar-refractivity contribution in [2.75, 3.05) is 0 Å². The van der Waals surface area contributed by atoms with E-state index < -0.39 is 11.5 Å². The predicted molar refractivity (Wildman–Crippen MR) is 78.0 cm³/mol. The lowest BCUT2D eigenvalue weighted by atomic mass is 9.97. The summed E-state index contributed by atoms with van der Waals surface area (Å²) in [7, 11) is 0. The minimum Gasteiger partial charge on any atom is -0.480 e. The van der Waals surface area contributed by atoms with Gasteiger partial charge in [0.2, 0.25) is 5.91 Å². The van der Waals surface area contributed by atoms with Crippen LogP contribution in [-0.4, -0.2) is 32.3 Å². The topological polar surface area (TPSA) is 84.2 Å². The van der Waals surface area contributed by atoms with Gasteiger partial charge in [0.25, 0.3) is 0 Å². The van der Waals surface area contributed by atoms with Gasteiger partial charge in [-0.2, -0.15) is 5.10 Å². The molecule has 0 bridgehead atoms. The number of aryl methyl sites for hydroxylation is 2. The Balaban J connectivity index is 2.01. The molecule has 6 heteroatoms. The molecule has 1 amide bonds. The third kappa shape index (κ3) is 3.25. The molecule has 1 fully saturated rings. The van der Waals surface area contributed by atoms with Crippen LogP contribution in [0.2, 0.25) is 0 Å². The Morgan fingerprint density at radius 3 is 2.52 bits per heavy atom. The van der Waals surface area contributed by atoms with Crippen LogP contribution < -0.4 is 5.32 Å². The van der Waals surface area contributed by atoms with Crippen molar-refractivity contribution in [2.45, 2.75) is 64.5 Å². The van der Waals surface area contributed by atoms with Gasteiger partial charge in [-0.1, -0.05) is 12.8 Å². The van der Waals surface area contributed by atoms with Crippen LogP contribution in [0.15, 0.2) is 6.07 Å². The Hall–Kier alpha value is -1.85. The maximum absolute atomic E-state index is 12.2. The molecule has 116 valence electrons. The van der Waals surface area contributed by atoms with E-state index in [1.54, 1.807) is 0 Å². The Bertz CT molecular complexity index is 544. The maximum atomic E-state index is 12.2. The van der Waals surface area contributed by atoms with Gasteiger partial charge in [-0.25, -0.2) is 4.79 Å². The van der Waals surface area contributed by atoms with Crippen molar-refractivity contribution in [3.8, 4) is 0 Å². The quantitative estimate of drug-likeness (QED) is 0.869. The van der Waals surface area contributed by atoms with Gasteiger partial charge in [-0.15, -0.1) is 0 Å². The van der Waals surface area contributed by atoms with Gasteiger partial charge in [0.1, 0.15) is 5.54 Å². The van der Waals surface area contributed by atoms with Gasteiger partial charge < -0.3 is 10.4 Å². The lowest BCUT2D eigenvalue weighted by Gasteiger charge is -2.26. The second kappa shape index (κ2) is 5.87. The van der Waals surface area contributed by atoms with Gasteiger partial charge in [-0.05, 0) is 39.7 Å². The number of rotatable bonds is 5. The number of hydrogen-bond acceptors (Lipinski definition) is 3. The molecule has 0 aromatic carbocycles. The molecule has 1 aromatic heterocycles. The molecule has 1 aromatic rings. The van der Waals surface area contributed by atoms with E-state index in [-0.39, 0.29) is 18.4 Å². The first-order valence-electron chi connectivity index (χ1n) is 7.41. The van der Waals surface area contributed by atoms with E-state index in [9.17, 15) is 14.7 Å². The van der Waals surface area contributed by atoms with Crippen molar-refractivity contribution in [1.82, 2.24) is 15.1 Å². The molecule has 1 unspecified atom stereocenters. The largest absolute Gasteiger partial charge is 0.480 e. The molecule has 0 saturated heterocycles. The van der Waals surface area contributed by atoms with E-state index >= 15 is 0 Å². The van der Waals surface area contributed by atoms with Crippen molar-refractivity contribution in [3.05, 3.63) is 17.5 Å². The number of carboxylic acids is 1. The predicted octanol–water partition coefficient (Wildman–Crippen LogP) is 1.96. The fraction of sp³-hybridized carbons (Fsp3) is 0.667. The summed E-state index contributed by atoms with van der Waals surface area (Å²) in [5.74, 6) is -1.15. The number of carboxylic acid groups (broad SMARTS) is 1. The highest BCUT2D eigenvalue weighted by Crippen LogP contribution is 2.30. The van der Waals surface area contributed by atoms with Crippen LogP contribution in [-0.2, 0) is 9.59 Å². The SMILES string of the molecule is Cc1cc(C)n(C(C)CC(=O)NC2(C(=O)O)CCCC2)n1. The van der Waals surface area contributed by atoms with Gasteiger partial charge in [0.05, 0.1) is 11.7 Å². The van der Waals surface area contributed by atoms with Crippen LogP contribution in [0.3, 0.4) is 0 Å². The smallest absolute Gasteiger partial charge is 0.329 e. The lowest BCUT2D eigenvalue weighted by molar-refractivity contribution is -0.147. The lowest BCUT2D eigenvalue weighted by Crippen LogP contribution is -2.52. The van der Waals surface area contributed by atoms with Crippen LogP contribution >= 0.6 is 0 Å². The fourth-order valence-electron chi connectivity index (χ4n) is 3.14. The van der Waals surface area contributed by atoms with Gasteiger partial charge in [0.15, 0.2) is 0 Å². The molecule has 2 N–H and O–H groups in total. The highest BCUT2D eigenvalue weighted by Gasteiger charge is 2.42. The number of nitrogens with one attached hydrogen (secondary N) is 1. The second-order valence-electron chi connectivity index (χ2n) is 6.07.